The van der Waals surface area contributed by atoms with Gasteiger partial charge in [-0.3, -0.25) is 4.79 Å². The van der Waals surface area contributed by atoms with Crippen molar-refractivity contribution in [2.24, 2.45) is 0 Å². The van der Waals surface area contributed by atoms with Gasteiger partial charge in [0.05, 0.1) is 36.0 Å². The van der Waals surface area contributed by atoms with Crippen LogP contribution in [0.2, 0.25) is 0 Å². The molecule has 0 atom stereocenters. The fraction of sp³-hybridized carbons (Fsp3) is 0.375. The molecule has 0 aliphatic carbocycles. The Kier molecular flexibility index (Phi) is 4.04. The molecule has 0 radical (unpaired) electrons. The Morgan fingerprint density at radius 2 is 2.04 bits per heavy atom. The molecule has 0 amide bonds. The number of aromatic carboxylic acids is 1. The summed E-state index contributed by atoms with van der Waals surface area (Å²) >= 11 is 0. The predicted molar refractivity (Wildman–Crippen MR) is 81.2 cm³/mol. The van der Waals surface area contributed by atoms with Crippen LogP contribution in [-0.2, 0) is 11.3 Å². The third-order valence-corrected chi connectivity index (χ3v) is 4.06. The maximum absolute atomic E-state index is 14.5. The number of hydrogen-bond donors (Lipinski definition) is 0. The molecule has 1 aromatic carbocycles. The zero-order chi connectivity index (χ0) is 16.6. The first-order valence-electron chi connectivity index (χ1n) is 7.43. The summed E-state index contributed by atoms with van der Waals surface area (Å²) in [6.07, 6.45) is 1.20. The molecule has 1 aliphatic rings. The number of rotatable bonds is 3. The van der Waals surface area contributed by atoms with Crippen molar-refractivity contribution in [1.82, 2.24) is 4.57 Å². The molecule has 1 aliphatic heterocycles. The summed E-state index contributed by atoms with van der Waals surface area (Å²) in [6, 6.07) is 2.71. The normalized spacial score (nSPS) is 15.1. The lowest BCUT2D eigenvalue weighted by atomic mass is 10.1. The number of fused-ring (bicyclic) bond motifs is 1. The monoisotopic (exact) mass is 319 g/mol. The van der Waals surface area contributed by atoms with Crippen LogP contribution in [0.15, 0.2) is 23.1 Å². The van der Waals surface area contributed by atoms with Gasteiger partial charge in [-0.15, -0.1) is 0 Å². The standard InChI is InChI=1S/C16H17FN2O4/c1-2-18-9-11(16(21)22)15(20)10-7-14(12(17)8-13(10)18)19-3-5-23-6-4-19/h7-9H,2-6H2,1H3,(H,21,22)/p-1. The molecule has 6 nitrogen and oxygen atoms in total. The van der Waals surface area contributed by atoms with Gasteiger partial charge in [0.15, 0.2) is 5.43 Å². The molecule has 122 valence electrons. The van der Waals surface area contributed by atoms with Crippen molar-refractivity contribution in [3.05, 3.63) is 39.9 Å². The highest BCUT2D eigenvalue weighted by Gasteiger charge is 2.18. The van der Waals surface area contributed by atoms with Crippen LogP contribution in [0.4, 0.5) is 10.1 Å². The number of carbonyl (C=O) groups is 1. The molecule has 0 spiro atoms. The van der Waals surface area contributed by atoms with Crippen LogP contribution in [0.25, 0.3) is 10.9 Å². The summed E-state index contributed by atoms with van der Waals surface area (Å²) < 4.78 is 21.3. The van der Waals surface area contributed by atoms with Gasteiger partial charge in [0.1, 0.15) is 5.82 Å². The summed E-state index contributed by atoms with van der Waals surface area (Å²) in [5.41, 5.74) is -0.411. The van der Waals surface area contributed by atoms with E-state index in [0.29, 0.717) is 38.4 Å². The maximum atomic E-state index is 14.5. The number of aromatic nitrogens is 1. The van der Waals surface area contributed by atoms with Gasteiger partial charge >= 0.3 is 0 Å². The van der Waals surface area contributed by atoms with Crippen LogP contribution in [-0.4, -0.2) is 36.8 Å². The Bertz CT molecular complexity index is 825. The second kappa shape index (κ2) is 6.00. The van der Waals surface area contributed by atoms with Crippen molar-refractivity contribution in [3.63, 3.8) is 0 Å². The molecule has 1 fully saturated rings. The molecule has 0 N–H and O–H groups in total. The smallest absolute Gasteiger partial charge is 0.198 e. The molecule has 0 saturated carbocycles. The van der Waals surface area contributed by atoms with E-state index < -0.39 is 22.8 Å². The lowest BCUT2D eigenvalue weighted by molar-refractivity contribution is -0.255. The molecule has 1 aromatic heterocycles. The second-order valence-corrected chi connectivity index (χ2v) is 5.37. The van der Waals surface area contributed by atoms with Gasteiger partial charge in [-0.2, -0.15) is 0 Å². The van der Waals surface area contributed by atoms with Crippen LogP contribution < -0.4 is 15.4 Å². The van der Waals surface area contributed by atoms with Gasteiger partial charge in [0.25, 0.3) is 0 Å². The number of ether oxygens (including phenoxy) is 1. The first-order valence-corrected chi connectivity index (χ1v) is 7.43. The maximum Gasteiger partial charge on any atom is 0.198 e. The minimum atomic E-state index is -1.53. The SMILES string of the molecule is CCn1cc(C(=O)[O-])c(=O)c2cc(N3CCOCC3)c(F)cc21. The highest BCUT2D eigenvalue weighted by molar-refractivity contribution is 5.92. The molecule has 23 heavy (non-hydrogen) atoms. The molecule has 0 unspecified atom stereocenters. The van der Waals surface area contributed by atoms with Gasteiger partial charge in [0.2, 0.25) is 0 Å². The number of morpholine rings is 1. The van der Waals surface area contributed by atoms with Crippen molar-refractivity contribution in [1.29, 1.82) is 0 Å². The Labute approximate surface area is 131 Å². The number of aryl methyl sites for hydroxylation is 1. The van der Waals surface area contributed by atoms with Crippen LogP contribution in [0.1, 0.15) is 17.3 Å². The number of hydrogen-bond acceptors (Lipinski definition) is 5. The Morgan fingerprint density at radius 3 is 2.65 bits per heavy atom. The summed E-state index contributed by atoms with van der Waals surface area (Å²) in [6.45, 7) is 4.20. The van der Waals surface area contributed by atoms with Crippen LogP contribution >= 0.6 is 0 Å². The topological polar surface area (TPSA) is 74.6 Å². The van der Waals surface area contributed by atoms with Gasteiger partial charge in [0, 0.05) is 37.3 Å². The Hall–Kier alpha value is -2.41. The van der Waals surface area contributed by atoms with E-state index >= 15 is 0 Å². The van der Waals surface area contributed by atoms with Gasteiger partial charge < -0.3 is 24.1 Å². The number of pyridine rings is 1. The molecule has 3 rings (SSSR count). The zero-order valence-corrected chi connectivity index (χ0v) is 12.7. The summed E-state index contributed by atoms with van der Waals surface area (Å²) in [5.74, 6) is -1.97. The number of anilines is 1. The quantitative estimate of drug-likeness (QED) is 0.817. The molecule has 2 aromatic rings. The van der Waals surface area contributed by atoms with E-state index in [0.717, 1.165) is 0 Å². The average Bonchev–Trinajstić information content (AvgIpc) is 2.55. The minimum Gasteiger partial charge on any atom is -0.545 e. The van der Waals surface area contributed by atoms with Gasteiger partial charge in [-0.25, -0.2) is 4.39 Å². The van der Waals surface area contributed by atoms with Crippen molar-refractivity contribution >= 4 is 22.6 Å². The third-order valence-electron chi connectivity index (χ3n) is 4.06. The van der Waals surface area contributed by atoms with Gasteiger partial charge in [-0.1, -0.05) is 0 Å². The molecular formula is C16H16FN2O4-. The van der Waals surface area contributed by atoms with Crippen LogP contribution in [0.3, 0.4) is 0 Å². The van der Waals surface area contributed by atoms with Crippen LogP contribution in [0.5, 0.6) is 0 Å². The number of carbonyl (C=O) groups excluding carboxylic acids is 1. The van der Waals surface area contributed by atoms with E-state index in [2.05, 4.69) is 0 Å². The van der Waals surface area contributed by atoms with Crippen molar-refractivity contribution < 1.29 is 19.0 Å². The second-order valence-electron chi connectivity index (χ2n) is 5.37. The number of nitrogens with zero attached hydrogens (tertiary/aromatic N) is 2. The summed E-state index contributed by atoms with van der Waals surface area (Å²) in [7, 11) is 0. The Morgan fingerprint density at radius 1 is 1.35 bits per heavy atom. The van der Waals surface area contributed by atoms with Crippen molar-refractivity contribution in [2.75, 3.05) is 31.2 Å². The van der Waals surface area contributed by atoms with E-state index in [1.807, 2.05) is 0 Å². The van der Waals surface area contributed by atoms with E-state index in [4.69, 9.17) is 4.74 Å². The largest absolute Gasteiger partial charge is 0.545 e. The first kappa shape index (κ1) is 15.5. The average molecular weight is 319 g/mol. The number of benzene rings is 1. The van der Waals surface area contributed by atoms with Crippen LogP contribution in [0, 0.1) is 5.82 Å². The fourth-order valence-corrected chi connectivity index (χ4v) is 2.85. The summed E-state index contributed by atoms with van der Waals surface area (Å²) in [4.78, 5) is 25.3. The molecule has 0 bridgehead atoms. The van der Waals surface area contributed by atoms with Crippen molar-refractivity contribution in [2.45, 2.75) is 13.5 Å². The van der Waals surface area contributed by atoms with Crippen molar-refractivity contribution in [3.8, 4) is 0 Å². The van der Waals surface area contributed by atoms with Gasteiger partial charge in [-0.05, 0) is 13.0 Å². The van der Waals surface area contributed by atoms with E-state index in [1.165, 1.54) is 22.9 Å². The number of carboxylic acid groups (broad SMARTS) is 1. The molecule has 7 heteroatoms. The fourth-order valence-electron chi connectivity index (χ4n) is 2.85. The first-order chi connectivity index (χ1) is 11.0. The highest BCUT2D eigenvalue weighted by atomic mass is 19.1. The summed E-state index contributed by atoms with van der Waals surface area (Å²) in [5, 5.41) is 11.3. The van der Waals surface area contributed by atoms with E-state index in [-0.39, 0.29) is 11.1 Å². The lowest BCUT2D eigenvalue weighted by Crippen LogP contribution is -2.37. The molecule has 2 heterocycles. The zero-order valence-electron chi connectivity index (χ0n) is 12.7. The highest BCUT2D eigenvalue weighted by Crippen LogP contribution is 2.25. The molecule has 1 saturated heterocycles. The van der Waals surface area contributed by atoms with E-state index in [9.17, 15) is 19.1 Å². The third kappa shape index (κ3) is 2.68. The lowest BCUT2D eigenvalue weighted by Gasteiger charge is -2.29. The minimum absolute atomic E-state index is 0.177. The Balaban J connectivity index is 2.26. The number of halogens is 1. The number of carboxylic acids is 1. The predicted octanol–water partition coefficient (Wildman–Crippen LogP) is 0.361. The molecular weight excluding hydrogens is 303 g/mol. The van der Waals surface area contributed by atoms with E-state index in [1.54, 1.807) is 11.8 Å².